The van der Waals surface area contributed by atoms with Gasteiger partial charge >= 0.3 is 5.97 Å². The fourth-order valence-electron chi connectivity index (χ4n) is 8.53. The standard InChI is InChI=1S/C30H40O8/c1-14(10-16(31)11-15(2)26(37)38)17-12-21(34)30(7)22-18(32)13-19-27(3,4)20(33)8-9-28(19,5)23(22)24(35)25(36)29(17,30)6/h10,15,17-19,25,32,36H,8-9,11-13H2,1-7H3,(H,37,38)/b14-10-. The first-order valence-electron chi connectivity index (χ1n) is 13.5. The van der Waals surface area contributed by atoms with Gasteiger partial charge in [-0.15, -0.1) is 0 Å². The van der Waals surface area contributed by atoms with Gasteiger partial charge in [-0.25, -0.2) is 0 Å². The Balaban J connectivity index is 1.86. The van der Waals surface area contributed by atoms with Crippen LogP contribution in [-0.2, 0) is 24.0 Å². The van der Waals surface area contributed by atoms with Crippen LogP contribution in [0, 0.1) is 39.4 Å². The van der Waals surface area contributed by atoms with E-state index in [0.717, 1.165) is 0 Å². The molecule has 0 aromatic carbocycles. The Labute approximate surface area is 223 Å². The minimum absolute atomic E-state index is 0.0188. The summed E-state index contributed by atoms with van der Waals surface area (Å²) in [6, 6.07) is 0. The molecule has 0 amide bonds. The zero-order chi connectivity index (χ0) is 28.7. The third kappa shape index (κ3) is 3.52. The molecule has 0 aromatic rings. The molecule has 0 heterocycles. The van der Waals surface area contributed by atoms with Gasteiger partial charge in [0.1, 0.15) is 17.7 Å². The number of ketones is 4. The molecule has 0 radical (unpaired) electrons. The number of carboxylic acids is 1. The first-order valence-corrected chi connectivity index (χ1v) is 13.5. The number of carboxylic acid groups (broad SMARTS) is 1. The number of aliphatic carboxylic acids is 1. The van der Waals surface area contributed by atoms with Crippen LogP contribution in [0.5, 0.6) is 0 Å². The van der Waals surface area contributed by atoms with Gasteiger partial charge in [0.2, 0.25) is 0 Å². The molecule has 0 bridgehead atoms. The molecule has 4 rings (SSSR count). The monoisotopic (exact) mass is 528 g/mol. The van der Waals surface area contributed by atoms with Gasteiger partial charge in [-0.2, -0.15) is 0 Å². The number of carbonyl (C=O) groups excluding carboxylic acids is 4. The molecule has 4 aliphatic carbocycles. The summed E-state index contributed by atoms with van der Waals surface area (Å²) in [5.41, 5.74) is -3.05. The summed E-state index contributed by atoms with van der Waals surface area (Å²) in [5, 5.41) is 32.4. The highest BCUT2D eigenvalue weighted by Gasteiger charge is 2.73. The van der Waals surface area contributed by atoms with Crippen LogP contribution in [0.25, 0.3) is 0 Å². The maximum atomic E-state index is 14.1. The highest BCUT2D eigenvalue weighted by molar-refractivity contribution is 6.08. The number of rotatable bonds is 5. The summed E-state index contributed by atoms with van der Waals surface area (Å²) in [5.74, 6) is -3.99. The number of allylic oxidation sites excluding steroid dienone is 2. The van der Waals surface area contributed by atoms with Crippen LogP contribution < -0.4 is 0 Å². The van der Waals surface area contributed by atoms with E-state index in [2.05, 4.69) is 0 Å². The molecule has 208 valence electrons. The van der Waals surface area contributed by atoms with Crippen molar-refractivity contribution in [2.24, 2.45) is 39.4 Å². The summed E-state index contributed by atoms with van der Waals surface area (Å²) in [6.45, 7) is 12.1. The fourth-order valence-corrected chi connectivity index (χ4v) is 8.53. The van der Waals surface area contributed by atoms with Crippen molar-refractivity contribution in [3.05, 3.63) is 22.8 Å². The summed E-state index contributed by atoms with van der Waals surface area (Å²) >= 11 is 0. The van der Waals surface area contributed by atoms with Gasteiger partial charge in [-0.3, -0.25) is 24.0 Å². The minimum Gasteiger partial charge on any atom is -0.481 e. The fraction of sp³-hybridized carbons (Fsp3) is 0.700. The molecule has 0 saturated heterocycles. The van der Waals surface area contributed by atoms with Crippen LogP contribution >= 0.6 is 0 Å². The Morgan fingerprint density at radius 2 is 1.66 bits per heavy atom. The second kappa shape index (κ2) is 8.78. The van der Waals surface area contributed by atoms with Crippen molar-refractivity contribution >= 4 is 29.1 Å². The van der Waals surface area contributed by atoms with Crippen LogP contribution in [0.1, 0.15) is 80.6 Å². The van der Waals surface area contributed by atoms with E-state index in [0.29, 0.717) is 23.1 Å². The molecule has 8 heteroatoms. The molecule has 8 atom stereocenters. The lowest BCUT2D eigenvalue weighted by atomic mass is 9.42. The molecule has 2 saturated carbocycles. The molecular formula is C30H40O8. The molecule has 38 heavy (non-hydrogen) atoms. The van der Waals surface area contributed by atoms with Crippen molar-refractivity contribution in [3.8, 4) is 0 Å². The topological polar surface area (TPSA) is 146 Å². The zero-order valence-corrected chi connectivity index (χ0v) is 23.4. The molecule has 0 spiro atoms. The molecule has 3 N–H and O–H groups in total. The second-order valence-electron chi connectivity index (χ2n) is 13.3. The average molecular weight is 529 g/mol. The zero-order valence-electron chi connectivity index (χ0n) is 23.4. The number of aliphatic hydroxyl groups excluding tert-OH is 2. The number of Topliss-reactive ketones (excluding diaryl/α,β-unsaturated/α-hetero) is 3. The van der Waals surface area contributed by atoms with Crippen LogP contribution in [0.4, 0.5) is 0 Å². The van der Waals surface area contributed by atoms with Crippen LogP contribution in [0.15, 0.2) is 22.8 Å². The maximum absolute atomic E-state index is 14.1. The predicted molar refractivity (Wildman–Crippen MR) is 138 cm³/mol. The van der Waals surface area contributed by atoms with E-state index in [-0.39, 0.29) is 43.2 Å². The van der Waals surface area contributed by atoms with Gasteiger partial charge in [-0.05, 0) is 50.2 Å². The average Bonchev–Trinajstić information content (AvgIpc) is 3.03. The molecule has 2 fully saturated rings. The predicted octanol–water partition coefficient (Wildman–Crippen LogP) is 3.23. The van der Waals surface area contributed by atoms with E-state index >= 15 is 0 Å². The number of fused-ring (bicyclic) bond motifs is 4. The third-order valence-electron chi connectivity index (χ3n) is 11.1. The normalized spacial score (nSPS) is 41.4. The maximum Gasteiger partial charge on any atom is 0.306 e. The highest BCUT2D eigenvalue weighted by Crippen LogP contribution is 2.70. The van der Waals surface area contributed by atoms with Gasteiger partial charge in [0.15, 0.2) is 11.6 Å². The van der Waals surface area contributed by atoms with Crippen LogP contribution in [0.2, 0.25) is 0 Å². The number of hydrogen-bond donors (Lipinski definition) is 3. The first kappa shape index (κ1) is 28.6. The van der Waals surface area contributed by atoms with Crippen molar-refractivity contribution in [2.75, 3.05) is 0 Å². The van der Waals surface area contributed by atoms with E-state index in [9.17, 15) is 34.2 Å². The van der Waals surface area contributed by atoms with Gasteiger partial charge in [-0.1, -0.05) is 40.2 Å². The van der Waals surface area contributed by atoms with Crippen LogP contribution in [0.3, 0.4) is 0 Å². The van der Waals surface area contributed by atoms with Gasteiger partial charge in [0, 0.05) is 41.1 Å². The van der Waals surface area contributed by atoms with Crippen molar-refractivity contribution < 1.29 is 39.3 Å². The number of carbonyl (C=O) groups is 5. The summed E-state index contributed by atoms with van der Waals surface area (Å²) < 4.78 is 0. The second-order valence-corrected chi connectivity index (χ2v) is 13.3. The van der Waals surface area contributed by atoms with Crippen LogP contribution in [-0.4, -0.2) is 56.6 Å². The Kier molecular flexibility index (Phi) is 6.60. The van der Waals surface area contributed by atoms with Crippen molar-refractivity contribution in [2.45, 2.75) is 92.8 Å². The third-order valence-corrected chi connectivity index (χ3v) is 11.1. The van der Waals surface area contributed by atoms with E-state index in [4.69, 9.17) is 5.11 Å². The van der Waals surface area contributed by atoms with Crippen molar-refractivity contribution in [3.63, 3.8) is 0 Å². The van der Waals surface area contributed by atoms with Gasteiger partial charge in [0.05, 0.1) is 17.4 Å². The van der Waals surface area contributed by atoms with E-state index < -0.39 is 63.2 Å². The molecule has 8 nitrogen and oxygen atoms in total. The largest absolute Gasteiger partial charge is 0.481 e. The Hall–Kier alpha value is -2.45. The number of hydrogen-bond acceptors (Lipinski definition) is 7. The lowest BCUT2D eigenvalue weighted by Crippen LogP contribution is -2.64. The van der Waals surface area contributed by atoms with E-state index in [1.54, 1.807) is 20.8 Å². The minimum atomic E-state index is -1.55. The van der Waals surface area contributed by atoms with Gasteiger partial charge in [0.25, 0.3) is 0 Å². The van der Waals surface area contributed by atoms with E-state index in [1.165, 1.54) is 13.0 Å². The first-order chi connectivity index (χ1) is 17.4. The molecule has 0 aliphatic heterocycles. The molecular weight excluding hydrogens is 488 g/mol. The highest BCUT2D eigenvalue weighted by atomic mass is 16.4. The van der Waals surface area contributed by atoms with Crippen molar-refractivity contribution in [1.82, 2.24) is 0 Å². The lowest BCUT2D eigenvalue weighted by Gasteiger charge is -2.61. The molecule has 4 aliphatic rings. The molecule has 0 aromatic heterocycles. The Bertz CT molecular complexity index is 1210. The lowest BCUT2D eigenvalue weighted by molar-refractivity contribution is -0.156. The Morgan fingerprint density at radius 3 is 2.24 bits per heavy atom. The smallest absolute Gasteiger partial charge is 0.306 e. The SMILES string of the molecule is C/C(=C/C(=O)CC(C)C(=O)O)C1CC(=O)C2(C)C3=C(C(=O)C(O)C12C)C1(C)CCC(=O)C(C)(C)C1CC3O. The van der Waals surface area contributed by atoms with Gasteiger partial charge < -0.3 is 15.3 Å². The molecule has 8 unspecified atom stereocenters. The number of aliphatic hydroxyl groups is 2. The summed E-state index contributed by atoms with van der Waals surface area (Å²) in [6.07, 6.45) is -0.647. The van der Waals surface area contributed by atoms with Crippen molar-refractivity contribution in [1.29, 1.82) is 0 Å². The Morgan fingerprint density at radius 1 is 1.05 bits per heavy atom. The van der Waals surface area contributed by atoms with E-state index in [1.807, 2.05) is 20.8 Å². The summed E-state index contributed by atoms with van der Waals surface area (Å²) in [7, 11) is 0. The summed E-state index contributed by atoms with van der Waals surface area (Å²) in [4.78, 5) is 64.6. The quantitative estimate of drug-likeness (QED) is 0.461.